The van der Waals surface area contributed by atoms with Crippen LogP contribution in [0.2, 0.25) is 0 Å². The number of aryl methyl sites for hydroxylation is 1. The van der Waals surface area contributed by atoms with E-state index < -0.39 is 0 Å². The van der Waals surface area contributed by atoms with Gasteiger partial charge in [-0.25, -0.2) is 0 Å². The molecule has 0 bridgehead atoms. The van der Waals surface area contributed by atoms with Crippen LogP contribution in [0.15, 0.2) is 34.9 Å². The van der Waals surface area contributed by atoms with Crippen molar-refractivity contribution in [3.05, 3.63) is 41.8 Å². The average molecular weight is 416 g/mol. The van der Waals surface area contributed by atoms with Crippen molar-refractivity contribution in [2.24, 2.45) is 0 Å². The normalized spacial score (nSPS) is 14.4. The Balaban J connectivity index is 1.30. The Morgan fingerprint density at radius 1 is 1.10 bits per heavy atom. The Bertz CT molecular complexity index is 828. The number of ether oxygens (including phenoxy) is 2. The lowest BCUT2D eigenvalue weighted by Gasteiger charge is -2.34. The van der Waals surface area contributed by atoms with E-state index in [0.29, 0.717) is 43.4 Å². The number of nitrogens with one attached hydrogen (secondary N) is 1. The third-order valence-corrected chi connectivity index (χ3v) is 4.76. The predicted molar refractivity (Wildman–Crippen MR) is 110 cm³/mol. The largest absolute Gasteiger partial charge is 0.494 e. The second kappa shape index (κ2) is 10.6. The number of carbonyl (C=O) groups is 2. The van der Waals surface area contributed by atoms with E-state index in [0.717, 1.165) is 25.4 Å². The summed E-state index contributed by atoms with van der Waals surface area (Å²) in [4.78, 5) is 28.3. The van der Waals surface area contributed by atoms with Gasteiger partial charge in [0.15, 0.2) is 12.3 Å². The Morgan fingerprint density at radius 2 is 1.77 bits per heavy atom. The molecule has 0 saturated carbocycles. The molecule has 1 N–H and O–H groups in total. The molecule has 1 aromatic carbocycles. The van der Waals surface area contributed by atoms with Crippen LogP contribution in [0.4, 0.5) is 0 Å². The summed E-state index contributed by atoms with van der Waals surface area (Å²) in [6.45, 7) is 8.26. The molecule has 162 valence electrons. The van der Waals surface area contributed by atoms with E-state index in [1.807, 2.05) is 19.1 Å². The minimum Gasteiger partial charge on any atom is -0.494 e. The molecule has 2 aromatic rings. The van der Waals surface area contributed by atoms with Crippen molar-refractivity contribution in [2.45, 2.75) is 13.8 Å². The van der Waals surface area contributed by atoms with Gasteiger partial charge in [0, 0.05) is 45.3 Å². The standard InChI is InChI=1S/C21H28N4O5/c1-3-28-17-4-6-18(7-5-17)29-15-20(26)22-8-9-24-10-12-25(13-11-24)21(27)19-14-16(2)30-23-19/h4-7,14H,3,8-13,15H2,1-2H3,(H,22,26). The molecule has 0 radical (unpaired) electrons. The van der Waals surface area contributed by atoms with Crippen LogP contribution < -0.4 is 14.8 Å². The highest BCUT2D eigenvalue weighted by molar-refractivity contribution is 5.92. The molecular weight excluding hydrogens is 388 g/mol. The van der Waals surface area contributed by atoms with Gasteiger partial charge >= 0.3 is 0 Å². The number of benzene rings is 1. The molecule has 1 saturated heterocycles. The number of hydrogen-bond donors (Lipinski definition) is 1. The van der Waals surface area contributed by atoms with Crippen LogP contribution in [-0.4, -0.2) is 79.3 Å². The first-order valence-electron chi connectivity index (χ1n) is 10.1. The van der Waals surface area contributed by atoms with Crippen LogP contribution in [0.1, 0.15) is 23.2 Å². The zero-order valence-electron chi connectivity index (χ0n) is 17.4. The summed E-state index contributed by atoms with van der Waals surface area (Å²) in [5, 5.41) is 6.65. The lowest BCUT2D eigenvalue weighted by molar-refractivity contribution is -0.123. The molecule has 9 nitrogen and oxygen atoms in total. The summed E-state index contributed by atoms with van der Waals surface area (Å²) >= 11 is 0. The van der Waals surface area contributed by atoms with Crippen molar-refractivity contribution in [3.63, 3.8) is 0 Å². The maximum atomic E-state index is 12.4. The fraction of sp³-hybridized carbons (Fsp3) is 0.476. The quantitative estimate of drug-likeness (QED) is 0.659. The van der Waals surface area contributed by atoms with Gasteiger partial charge in [-0.2, -0.15) is 0 Å². The van der Waals surface area contributed by atoms with Crippen LogP contribution in [0.3, 0.4) is 0 Å². The fourth-order valence-corrected chi connectivity index (χ4v) is 3.16. The van der Waals surface area contributed by atoms with E-state index in [4.69, 9.17) is 14.0 Å². The number of hydrogen-bond acceptors (Lipinski definition) is 7. The Labute approximate surface area is 175 Å². The number of carbonyl (C=O) groups excluding carboxylic acids is 2. The summed E-state index contributed by atoms with van der Waals surface area (Å²) in [6, 6.07) is 8.83. The number of piperazine rings is 1. The molecule has 1 aliphatic rings. The van der Waals surface area contributed by atoms with Crippen molar-refractivity contribution in [2.75, 3.05) is 52.5 Å². The molecule has 0 unspecified atom stereocenters. The number of aromatic nitrogens is 1. The average Bonchev–Trinajstić information content (AvgIpc) is 3.20. The number of amides is 2. The highest BCUT2D eigenvalue weighted by Gasteiger charge is 2.24. The molecule has 9 heteroatoms. The highest BCUT2D eigenvalue weighted by atomic mass is 16.5. The van der Waals surface area contributed by atoms with Gasteiger partial charge in [0.05, 0.1) is 6.61 Å². The van der Waals surface area contributed by atoms with Crippen LogP contribution in [-0.2, 0) is 4.79 Å². The summed E-state index contributed by atoms with van der Waals surface area (Å²) in [5.41, 5.74) is 0.348. The van der Waals surface area contributed by atoms with Crippen molar-refractivity contribution < 1.29 is 23.6 Å². The zero-order chi connectivity index (χ0) is 21.3. The Morgan fingerprint density at radius 3 is 2.37 bits per heavy atom. The van der Waals surface area contributed by atoms with Gasteiger partial charge in [0.1, 0.15) is 17.3 Å². The summed E-state index contributed by atoms with van der Waals surface area (Å²) in [6.07, 6.45) is 0. The predicted octanol–water partition coefficient (Wildman–Crippen LogP) is 1.33. The van der Waals surface area contributed by atoms with Crippen molar-refractivity contribution in [1.29, 1.82) is 0 Å². The third kappa shape index (κ3) is 6.21. The summed E-state index contributed by atoms with van der Waals surface area (Å²) in [5.74, 6) is 1.74. The van der Waals surface area contributed by atoms with Gasteiger partial charge in [-0.05, 0) is 38.1 Å². The van der Waals surface area contributed by atoms with E-state index in [1.165, 1.54) is 0 Å². The molecule has 0 spiro atoms. The minimum absolute atomic E-state index is 0.0343. The fourth-order valence-electron chi connectivity index (χ4n) is 3.16. The molecule has 2 amide bonds. The number of rotatable bonds is 9. The first kappa shape index (κ1) is 21.6. The first-order valence-corrected chi connectivity index (χ1v) is 10.1. The lowest BCUT2D eigenvalue weighted by Crippen LogP contribution is -2.50. The maximum Gasteiger partial charge on any atom is 0.276 e. The number of nitrogens with zero attached hydrogens (tertiary/aromatic N) is 3. The summed E-state index contributed by atoms with van der Waals surface area (Å²) in [7, 11) is 0. The zero-order valence-corrected chi connectivity index (χ0v) is 17.4. The molecule has 0 aliphatic carbocycles. The highest BCUT2D eigenvalue weighted by Crippen LogP contribution is 2.17. The maximum absolute atomic E-state index is 12.4. The van der Waals surface area contributed by atoms with E-state index in [9.17, 15) is 9.59 Å². The lowest BCUT2D eigenvalue weighted by atomic mass is 10.2. The molecule has 3 rings (SSSR count). The van der Waals surface area contributed by atoms with Gasteiger partial charge < -0.3 is 24.2 Å². The van der Waals surface area contributed by atoms with Crippen molar-refractivity contribution in [3.8, 4) is 11.5 Å². The van der Waals surface area contributed by atoms with Gasteiger partial charge in [-0.1, -0.05) is 5.16 Å². The van der Waals surface area contributed by atoms with E-state index in [2.05, 4.69) is 15.4 Å². The van der Waals surface area contributed by atoms with Crippen LogP contribution >= 0.6 is 0 Å². The Kier molecular flexibility index (Phi) is 7.67. The molecule has 1 aromatic heterocycles. The smallest absolute Gasteiger partial charge is 0.276 e. The van der Waals surface area contributed by atoms with Crippen LogP contribution in [0, 0.1) is 6.92 Å². The van der Waals surface area contributed by atoms with Crippen molar-refractivity contribution >= 4 is 11.8 Å². The van der Waals surface area contributed by atoms with E-state index >= 15 is 0 Å². The molecule has 2 heterocycles. The van der Waals surface area contributed by atoms with Crippen LogP contribution in [0.5, 0.6) is 11.5 Å². The molecule has 1 aliphatic heterocycles. The monoisotopic (exact) mass is 416 g/mol. The SMILES string of the molecule is CCOc1ccc(OCC(=O)NCCN2CCN(C(=O)c3cc(C)on3)CC2)cc1. The first-order chi connectivity index (χ1) is 14.5. The van der Waals surface area contributed by atoms with E-state index in [-0.39, 0.29) is 18.4 Å². The molecular formula is C21H28N4O5. The Hall–Kier alpha value is -3.07. The van der Waals surface area contributed by atoms with Crippen molar-refractivity contribution in [1.82, 2.24) is 20.3 Å². The second-order valence-electron chi connectivity index (χ2n) is 7.00. The summed E-state index contributed by atoms with van der Waals surface area (Å²) < 4.78 is 15.8. The minimum atomic E-state index is -0.167. The van der Waals surface area contributed by atoms with Gasteiger partial charge in [-0.3, -0.25) is 14.5 Å². The molecule has 1 fully saturated rings. The van der Waals surface area contributed by atoms with Gasteiger partial charge in [0.2, 0.25) is 0 Å². The third-order valence-electron chi connectivity index (χ3n) is 4.76. The topological polar surface area (TPSA) is 97.1 Å². The molecule has 0 atom stereocenters. The molecule has 30 heavy (non-hydrogen) atoms. The second-order valence-corrected chi connectivity index (χ2v) is 7.00. The van der Waals surface area contributed by atoms with Gasteiger partial charge in [-0.15, -0.1) is 0 Å². The van der Waals surface area contributed by atoms with E-state index in [1.54, 1.807) is 30.0 Å². The van der Waals surface area contributed by atoms with Crippen LogP contribution in [0.25, 0.3) is 0 Å². The van der Waals surface area contributed by atoms with Gasteiger partial charge in [0.25, 0.3) is 11.8 Å².